The van der Waals surface area contributed by atoms with E-state index in [1.807, 2.05) is 54.6 Å². The first-order valence-electron chi connectivity index (χ1n) is 11.2. The topological polar surface area (TPSA) is 73.7 Å². The summed E-state index contributed by atoms with van der Waals surface area (Å²) in [5.41, 5.74) is 3.02. The Hall–Kier alpha value is -3.45. The Kier molecular flexibility index (Phi) is 8.38. The van der Waals surface area contributed by atoms with Crippen molar-refractivity contribution in [2.45, 2.75) is 33.2 Å². The number of rotatable bonds is 10. The van der Waals surface area contributed by atoms with E-state index in [0.29, 0.717) is 11.4 Å². The number of para-hydroxylation sites is 1. The summed E-state index contributed by atoms with van der Waals surface area (Å²) in [6.45, 7) is 7.26. The Labute approximate surface area is 194 Å². The highest BCUT2D eigenvalue weighted by Gasteiger charge is 2.31. The average molecular weight is 450 g/mol. The number of hydrogen-bond donors (Lipinski definition) is 0. The van der Waals surface area contributed by atoms with Crippen molar-refractivity contribution in [2.75, 3.05) is 27.3 Å². The second-order valence-corrected chi connectivity index (χ2v) is 7.72. The third-order valence-corrected chi connectivity index (χ3v) is 5.56. The van der Waals surface area contributed by atoms with Crippen molar-refractivity contribution in [3.63, 3.8) is 0 Å². The molecule has 1 aromatic heterocycles. The summed E-state index contributed by atoms with van der Waals surface area (Å²) in [5.74, 6) is -1.31. The van der Waals surface area contributed by atoms with E-state index in [2.05, 4.69) is 23.8 Å². The molecule has 7 heteroatoms. The average Bonchev–Trinajstić information content (AvgIpc) is 3.27. The molecule has 0 N–H and O–H groups in total. The standard InChI is InChI=1S/C26H31N3O4/c1-5-7-17-28(6-2)18-19-13-15-20(16-14-19)23-22(25(30)32-3)24(26(31)33-4)29(27-23)21-11-9-8-10-12-21/h8-16H,5-7,17-18H2,1-4H3. The van der Waals surface area contributed by atoms with Crippen LogP contribution in [0.25, 0.3) is 16.9 Å². The predicted octanol–water partition coefficient (Wildman–Crippen LogP) is 4.73. The van der Waals surface area contributed by atoms with Gasteiger partial charge in [-0.2, -0.15) is 5.10 Å². The minimum atomic E-state index is -0.663. The monoisotopic (exact) mass is 449 g/mol. The molecule has 0 fully saturated rings. The summed E-state index contributed by atoms with van der Waals surface area (Å²) < 4.78 is 11.4. The molecule has 0 aliphatic rings. The van der Waals surface area contributed by atoms with Gasteiger partial charge in [0.1, 0.15) is 11.3 Å². The lowest BCUT2D eigenvalue weighted by molar-refractivity contribution is 0.0549. The van der Waals surface area contributed by atoms with Crippen molar-refractivity contribution in [1.29, 1.82) is 0 Å². The lowest BCUT2D eigenvalue weighted by Crippen LogP contribution is -2.23. The lowest BCUT2D eigenvalue weighted by Gasteiger charge is -2.20. The van der Waals surface area contributed by atoms with E-state index < -0.39 is 11.9 Å². The summed E-state index contributed by atoms with van der Waals surface area (Å²) in [4.78, 5) is 27.8. The third kappa shape index (κ3) is 5.49. The normalized spacial score (nSPS) is 10.9. The van der Waals surface area contributed by atoms with Gasteiger partial charge in [-0.15, -0.1) is 0 Å². The van der Waals surface area contributed by atoms with E-state index in [4.69, 9.17) is 9.47 Å². The summed E-state index contributed by atoms with van der Waals surface area (Å²) >= 11 is 0. The summed E-state index contributed by atoms with van der Waals surface area (Å²) in [7, 11) is 2.56. The predicted molar refractivity (Wildman–Crippen MR) is 128 cm³/mol. The molecule has 0 unspecified atom stereocenters. The van der Waals surface area contributed by atoms with Gasteiger partial charge in [-0.25, -0.2) is 14.3 Å². The molecular weight excluding hydrogens is 418 g/mol. The van der Waals surface area contributed by atoms with Gasteiger partial charge in [0.25, 0.3) is 0 Å². The van der Waals surface area contributed by atoms with Crippen LogP contribution in [0.15, 0.2) is 54.6 Å². The zero-order valence-corrected chi connectivity index (χ0v) is 19.7. The molecule has 3 aromatic rings. The minimum Gasteiger partial charge on any atom is -0.465 e. The van der Waals surface area contributed by atoms with Gasteiger partial charge in [-0.1, -0.05) is 62.7 Å². The van der Waals surface area contributed by atoms with Crippen molar-refractivity contribution < 1.29 is 19.1 Å². The van der Waals surface area contributed by atoms with E-state index >= 15 is 0 Å². The molecule has 0 saturated carbocycles. The van der Waals surface area contributed by atoms with Crippen LogP contribution in [0.2, 0.25) is 0 Å². The van der Waals surface area contributed by atoms with Crippen LogP contribution in [0.3, 0.4) is 0 Å². The van der Waals surface area contributed by atoms with Gasteiger partial charge < -0.3 is 9.47 Å². The molecule has 3 rings (SSSR count). The number of ether oxygens (including phenoxy) is 2. The lowest BCUT2D eigenvalue weighted by atomic mass is 10.0. The highest BCUT2D eigenvalue weighted by atomic mass is 16.5. The fourth-order valence-corrected chi connectivity index (χ4v) is 3.71. The maximum Gasteiger partial charge on any atom is 0.357 e. The number of benzene rings is 2. The molecule has 174 valence electrons. The minimum absolute atomic E-state index is 0.0337. The maximum absolute atomic E-state index is 12.8. The summed E-state index contributed by atoms with van der Waals surface area (Å²) in [5, 5.41) is 4.64. The highest BCUT2D eigenvalue weighted by molar-refractivity contribution is 6.06. The molecule has 7 nitrogen and oxygen atoms in total. The second kappa shape index (κ2) is 11.4. The fraction of sp³-hybridized carbons (Fsp3) is 0.346. The Bertz CT molecular complexity index is 1070. The SMILES string of the molecule is CCCCN(CC)Cc1ccc(-c2nn(-c3ccccc3)c(C(=O)OC)c2C(=O)OC)cc1. The number of carbonyl (C=O) groups excluding carboxylic acids is 2. The first-order valence-corrected chi connectivity index (χ1v) is 11.2. The number of carbonyl (C=O) groups is 2. The van der Waals surface area contributed by atoms with Crippen LogP contribution in [-0.4, -0.2) is 53.9 Å². The van der Waals surface area contributed by atoms with Gasteiger partial charge in [0.2, 0.25) is 0 Å². The number of methoxy groups -OCH3 is 2. The molecular formula is C26H31N3O4. The molecule has 0 radical (unpaired) electrons. The largest absolute Gasteiger partial charge is 0.465 e. The van der Waals surface area contributed by atoms with Crippen LogP contribution >= 0.6 is 0 Å². The van der Waals surface area contributed by atoms with Crippen LogP contribution < -0.4 is 0 Å². The van der Waals surface area contributed by atoms with Crippen LogP contribution in [0, 0.1) is 0 Å². The fourth-order valence-electron chi connectivity index (χ4n) is 3.71. The quantitative estimate of drug-likeness (QED) is 0.417. The van der Waals surface area contributed by atoms with Gasteiger partial charge in [-0.05, 0) is 37.2 Å². The summed E-state index contributed by atoms with van der Waals surface area (Å²) in [6, 6.07) is 17.1. The van der Waals surface area contributed by atoms with E-state index in [1.165, 1.54) is 37.3 Å². The number of nitrogens with zero attached hydrogens (tertiary/aromatic N) is 3. The Morgan fingerprint density at radius 2 is 1.61 bits per heavy atom. The Morgan fingerprint density at radius 1 is 0.939 bits per heavy atom. The smallest absolute Gasteiger partial charge is 0.357 e. The van der Waals surface area contributed by atoms with Gasteiger partial charge in [-0.3, -0.25) is 4.90 Å². The van der Waals surface area contributed by atoms with Crippen LogP contribution in [0.5, 0.6) is 0 Å². The van der Waals surface area contributed by atoms with Crippen molar-refractivity contribution >= 4 is 11.9 Å². The molecule has 0 saturated heterocycles. The Balaban J connectivity index is 2.06. The summed E-state index contributed by atoms with van der Waals surface area (Å²) in [6.07, 6.45) is 2.33. The van der Waals surface area contributed by atoms with E-state index in [-0.39, 0.29) is 11.3 Å². The number of aromatic nitrogens is 2. The number of hydrogen-bond acceptors (Lipinski definition) is 6. The van der Waals surface area contributed by atoms with E-state index in [0.717, 1.165) is 25.2 Å². The highest BCUT2D eigenvalue weighted by Crippen LogP contribution is 2.29. The third-order valence-electron chi connectivity index (χ3n) is 5.56. The number of unbranched alkanes of at least 4 members (excludes halogenated alkanes) is 1. The molecule has 33 heavy (non-hydrogen) atoms. The molecule has 0 amide bonds. The molecule has 0 spiro atoms. The van der Waals surface area contributed by atoms with Gasteiger partial charge in [0, 0.05) is 12.1 Å². The zero-order chi connectivity index (χ0) is 23.8. The first-order chi connectivity index (χ1) is 16.0. The molecule has 0 bridgehead atoms. The molecule has 0 aliphatic heterocycles. The van der Waals surface area contributed by atoms with Crippen LogP contribution in [-0.2, 0) is 16.0 Å². The van der Waals surface area contributed by atoms with Crippen LogP contribution in [0.1, 0.15) is 53.1 Å². The molecule has 0 aliphatic carbocycles. The second-order valence-electron chi connectivity index (χ2n) is 7.72. The number of esters is 2. The Morgan fingerprint density at radius 3 is 2.18 bits per heavy atom. The van der Waals surface area contributed by atoms with Crippen LogP contribution in [0.4, 0.5) is 0 Å². The van der Waals surface area contributed by atoms with Crippen molar-refractivity contribution in [3.8, 4) is 16.9 Å². The molecule has 2 aromatic carbocycles. The van der Waals surface area contributed by atoms with E-state index in [1.54, 1.807) is 0 Å². The molecule has 0 atom stereocenters. The maximum atomic E-state index is 12.8. The van der Waals surface area contributed by atoms with Crippen molar-refractivity contribution in [3.05, 3.63) is 71.4 Å². The van der Waals surface area contributed by atoms with Crippen molar-refractivity contribution in [2.24, 2.45) is 0 Å². The van der Waals surface area contributed by atoms with Crippen molar-refractivity contribution in [1.82, 2.24) is 14.7 Å². The van der Waals surface area contributed by atoms with E-state index in [9.17, 15) is 9.59 Å². The van der Waals surface area contributed by atoms with Gasteiger partial charge in [0.15, 0.2) is 5.69 Å². The zero-order valence-electron chi connectivity index (χ0n) is 19.7. The molecule has 1 heterocycles. The van der Waals surface area contributed by atoms with Gasteiger partial charge in [0.05, 0.1) is 19.9 Å². The van der Waals surface area contributed by atoms with Gasteiger partial charge >= 0.3 is 11.9 Å². The first kappa shape index (κ1) is 24.2.